The highest BCUT2D eigenvalue weighted by Crippen LogP contribution is 2.23. The van der Waals surface area contributed by atoms with Crippen molar-refractivity contribution in [3.8, 4) is 6.07 Å². The van der Waals surface area contributed by atoms with E-state index in [2.05, 4.69) is 0 Å². The van der Waals surface area contributed by atoms with Crippen LogP contribution in [0.15, 0.2) is 12.1 Å². The standard InChI is InChI=1S/C10H8N2O4/c1-2-6-4-9(12(15)16)7(5-11)3-8(6)10(13)14/h3-4H,2H2,1H3,(H,13,14). The molecule has 0 aliphatic rings. The number of nitriles is 1. The zero-order chi connectivity index (χ0) is 12.3. The Labute approximate surface area is 90.9 Å². The smallest absolute Gasteiger partial charge is 0.336 e. The first-order valence-corrected chi connectivity index (χ1v) is 4.46. The van der Waals surface area contributed by atoms with Gasteiger partial charge in [-0.2, -0.15) is 5.26 Å². The van der Waals surface area contributed by atoms with Crippen LogP contribution < -0.4 is 0 Å². The van der Waals surface area contributed by atoms with E-state index in [1.165, 1.54) is 0 Å². The molecule has 0 spiro atoms. The molecule has 1 aromatic carbocycles. The van der Waals surface area contributed by atoms with Crippen LogP contribution in [0, 0.1) is 21.4 Å². The molecule has 1 rings (SSSR count). The van der Waals surface area contributed by atoms with Gasteiger partial charge in [0.1, 0.15) is 11.6 Å². The van der Waals surface area contributed by atoms with Crippen LogP contribution in [0.2, 0.25) is 0 Å². The van der Waals surface area contributed by atoms with E-state index in [1.54, 1.807) is 13.0 Å². The lowest BCUT2D eigenvalue weighted by Gasteiger charge is -2.04. The van der Waals surface area contributed by atoms with Crippen LogP contribution in [0.4, 0.5) is 5.69 Å². The molecule has 1 aromatic rings. The molecule has 16 heavy (non-hydrogen) atoms. The molecule has 0 heterocycles. The molecule has 6 nitrogen and oxygen atoms in total. The highest BCUT2D eigenvalue weighted by molar-refractivity contribution is 5.90. The Hall–Kier alpha value is -2.42. The zero-order valence-corrected chi connectivity index (χ0v) is 8.43. The van der Waals surface area contributed by atoms with Crippen molar-refractivity contribution >= 4 is 11.7 Å². The predicted octanol–water partition coefficient (Wildman–Crippen LogP) is 1.73. The summed E-state index contributed by atoms with van der Waals surface area (Å²) >= 11 is 0. The fraction of sp³-hybridized carbons (Fsp3) is 0.200. The average Bonchev–Trinajstić information content (AvgIpc) is 2.26. The van der Waals surface area contributed by atoms with Gasteiger partial charge in [-0.05, 0) is 18.1 Å². The number of carbonyl (C=O) groups is 1. The first-order chi connectivity index (χ1) is 7.51. The van der Waals surface area contributed by atoms with Crippen molar-refractivity contribution in [3.05, 3.63) is 38.9 Å². The normalized spacial score (nSPS) is 9.50. The molecular weight excluding hydrogens is 212 g/mol. The molecule has 82 valence electrons. The SMILES string of the molecule is CCc1cc([N+](=O)[O-])c(C#N)cc1C(=O)O. The maximum absolute atomic E-state index is 10.9. The largest absolute Gasteiger partial charge is 0.478 e. The Bertz CT molecular complexity index is 502. The first-order valence-electron chi connectivity index (χ1n) is 4.46. The fourth-order valence-electron chi connectivity index (χ4n) is 1.36. The second kappa shape index (κ2) is 4.40. The number of carboxylic acid groups (broad SMARTS) is 1. The summed E-state index contributed by atoms with van der Waals surface area (Å²) in [5, 5.41) is 28.2. The summed E-state index contributed by atoms with van der Waals surface area (Å²) in [6.45, 7) is 1.69. The van der Waals surface area contributed by atoms with Crippen molar-refractivity contribution in [2.75, 3.05) is 0 Å². The molecule has 0 bridgehead atoms. The van der Waals surface area contributed by atoms with Crippen molar-refractivity contribution in [3.63, 3.8) is 0 Å². The van der Waals surface area contributed by atoms with Gasteiger partial charge < -0.3 is 5.11 Å². The van der Waals surface area contributed by atoms with Crippen LogP contribution in [-0.2, 0) is 6.42 Å². The molecule has 1 N–H and O–H groups in total. The average molecular weight is 220 g/mol. The summed E-state index contributed by atoms with van der Waals surface area (Å²) in [5.74, 6) is -1.19. The lowest BCUT2D eigenvalue weighted by Crippen LogP contribution is -2.05. The Morgan fingerprint density at radius 3 is 2.62 bits per heavy atom. The van der Waals surface area contributed by atoms with Crippen LogP contribution in [0.3, 0.4) is 0 Å². The molecule has 0 aromatic heterocycles. The molecule has 0 radical (unpaired) electrons. The summed E-state index contributed by atoms with van der Waals surface area (Å²) in [4.78, 5) is 20.8. The minimum atomic E-state index is -1.19. The maximum atomic E-state index is 10.9. The van der Waals surface area contributed by atoms with E-state index in [0.29, 0.717) is 12.0 Å². The van der Waals surface area contributed by atoms with Gasteiger partial charge in [-0.1, -0.05) is 6.92 Å². The van der Waals surface area contributed by atoms with Gasteiger partial charge in [0.2, 0.25) is 0 Å². The van der Waals surface area contributed by atoms with Crippen molar-refractivity contribution < 1.29 is 14.8 Å². The van der Waals surface area contributed by atoms with E-state index in [1.807, 2.05) is 0 Å². The van der Waals surface area contributed by atoms with E-state index >= 15 is 0 Å². The monoisotopic (exact) mass is 220 g/mol. The van der Waals surface area contributed by atoms with Crippen molar-refractivity contribution in [1.82, 2.24) is 0 Å². The van der Waals surface area contributed by atoms with Gasteiger partial charge in [-0.15, -0.1) is 0 Å². The van der Waals surface area contributed by atoms with E-state index < -0.39 is 10.9 Å². The molecule has 0 unspecified atom stereocenters. The van der Waals surface area contributed by atoms with Gasteiger partial charge in [0, 0.05) is 6.07 Å². The summed E-state index contributed by atoms with van der Waals surface area (Å²) in [7, 11) is 0. The fourth-order valence-corrected chi connectivity index (χ4v) is 1.36. The number of nitro groups is 1. The summed E-state index contributed by atoms with van der Waals surface area (Å²) in [6, 6.07) is 3.80. The van der Waals surface area contributed by atoms with Crippen LogP contribution in [0.1, 0.15) is 28.4 Å². The third-order valence-electron chi connectivity index (χ3n) is 2.15. The van der Waals surface area contributed by atoms with Crippen molar-refractivity contribution in [2.45, 2.75) is 13.3 Å². The lowest BCUT2D eigenvalue weighted by atomic mass is 10.0. The number of hydrogen-bond donors (Lipinski definition) is 1. The molecule has 0 fully saturated rings. The van der Waals surface area contributed by atoms with Crippen molar-refractivity contribution in [1.29, 1.82) is 5.26 Å². The van der Waals surface area contributed by atoms with Gasteiger partial charge in [-0.3, -0.25) is 10.1 Å². The summed E-state index contributed by atoms with van der Waals surface area (Å²) in [6.07, 6.45) is 0.355. The molecule has 0 aliphatic carbocycles. The molecule has 0 saturated heterocycles. The Balaban J connectivity index is 3.54. The van der Waals surface area contributed by atoms with Crippen LogP contribution >= 0.6 is 0 Å². The van der Waals surface area contributed by atoms with Gasteiger partial charge in [0.25, 0.3) is 5.69 Å². The second-order valence-electron chi connectivity index (χ2n) is 3.05. The number of aryl methyl sites for hydroxylation is 1. The number of nitrogens with zero attached hydrogens (tertiary/aromatic N) is 2. The molecule has 0 saturated carbocycles. The number of nitro benzene ring substituents is 1. The minimum absolute atomic E-state index is 0.0651. The molecule has 0 amide bonds. The molecule has 0 aliphatic heterocycles. The van der Waals surface area contributed by atoms with Crippen LogP contribution in [0.5, 0.6) is 0 Å². The van der Waals surface area contributed by atoms with Crippen LogP contribution in [0.25, 0.3) is 0 Å². The molecule has 6 heteroatoms. The minimum Gasteiger partial charge on any atom is -0.478 e. The summed E-state index contributed by atoms with van der Waals surface area (Å²) in [5.41, 5.74) is -0.313. The maximum Gasteiger partial charge on any atom is 0.336 e. The third-order valence-corrected chi connectivity index (χ3v) is 2.15. The Morgan fingerprint density at radius 1 is 1.62 bits per heavy atom. The van der Waals surface area contributed by atoms with E-state index in [-0.39, 0.29) is 16.8 Å². The van der Waals surface area contributed by atoms with Gasteiger partial charge in [0.05, 0.1) is 10.5 Å². The van der Waals surface area contributed by atoms with E-state index in [0.717, 1.165) is 12.1 Å². The van der Waals surface area contributed by atoms with Gasteiger partial charge in [0.15, 0.2) is 0 Å². The van der Waals surface area contributed by atoms with E-state index in [9.17, 15) is 14.9 Å². The van der Waals surface area contributed by atoms with Gasteiger partial charge >= 0.3 is 5.97 Å². The third kappa shape index (κ3) is 1.98. The number of carboxylic acids is 1. The zero-order valence-electron chi connectivity index (χ0n) is 8.43. The highest BCUT2D eigenvalue weighted by atomic mass is 16.6. The van der Waals surface area contributed by atoms with Crippen molar-refractivity contribution in [2.24, 2.45) is 0 Å². The lowest BCUT2D eigenvalue weighted by molar-refractivity contribution is -0.385. The topological polar surface area (TPSA) is 104 Å². The molecule has 0 atom stereocenters. The Kier molecular flexibility index (Phi) is 3.20. The first kappa shape index (κ1) is 11.7. The quantitative estimate of drug-likeness (QED) is 0.616. The highest BCUT2D eigenvalue weighted by Gasteiger charge is 2.20. The Morgan fingerprint density at radius 2 is 2.25 bits per heavy atom. The number of aromatic carboxylic acids is 1. The predicted molar refractivity (Wildman–Crippen MR) is 54.1 cm³/mol. The van der Waals surface area contributed by atoms with Crippen LogP contribution in [-0.4, -0.2) is 16.0 Å². The second-order valence-corrected chi connectivity index (χ2v) is 3.05. The molecular formula is C10H8N2O4. The number of benzene rings is 1. The number of rotatable bonds is 3. The summed E-state index contributed by atoms with van der Waals surface area (Å²) < 4.78 is 0. The number of hydrogen-bond acceptors (Lipinski definition) is 4. The van der Waals surface area contributed by atoms with Gasteiger partial charge in [-0.25, -0.2) is 4.79 Å². The van der Waals surface area contributed by atoms with E-state index in [4.69, 9.17) is 10.4 Å².